The molecule has 0 amide bonds. The minimum absolute atomic E-state index is 0.281. The number of benzene rings is 1. The Labute approximate surface area is 78.6 Å². The molecule has 2 rings (SSSR count). The van der Waals surface area contributed by atoms with E-state index in [2.05, 4.69) is 31.3 Å². The largest absolute Gasteiger partial charge is 0.388 e. The van der Waals surface area contributed by atoms with Crippen molar-refractivity contribution in [1.29, 1.82) is 0 Å². The first kappa shape index (κ1) is 8.57. The lowest BCUT2D eigenvalue weighted by atomic mass is 9.94. The van der Waals surface area contributed by atoms with Crippen molar-refractivity contribution in [2.75, 3.05) is 11.9 Å². The smallest absolute Gasteiger partial charge is 0.0829 e. The standard InChI is InChI=1S/C11H15NO/c1-7-5-8(2)11-9(6-7)12-4-3-10(11)13/h5-6,10,12-13H,3-4H2,1-2H3. The molecule has 70 valence electrons. The Hall–Kier alpha value is -1.02. The number of aliphatic hydroxyl groups excluding tert-OH is 1. The van der Waals surface area contributed by atoms with E-state index in [-0.39, 0.29) is 6.10 Å². The Balaban J connectivity index is 2.56. The zero-order valence-electron chi connectivity index (χ0n) is 8.09. The Kier molecular flexibility index (Phi) is 2.00. The van der Waals surface area contributed by atoms with Crippen LogP contribution >= 0.6 is 0 Å². The molecule has 0 bridgehead atoms. The molecule has 0 saturated carbocycles. The molecular formula is C11H15NO. The first-order valence-corrected chi connectivity index (χ1v) is 4.71. The first-order valence-electron chi connectivity index (χ1n) is 4.71. The molecule has 1 heterocycles. The van der Waals surface area contributed by atoms with Crippen molar-refractivity contribution in [3.8, 4) is 0 Å². The van der Waals surface area contributed by atoms with Crippen LogP contribution in [0.2, 0.25) is 0 Å². The summed E-state index contributed by atoms with van der Waals surface area (Å²) in [6.45, 7) is 5.01. The maximum atomic E-state index is 9.79. The molecule has 0 radical (unpaired) electrons. The monoisotopic (exact) mass is 177 g/mol. The van der Waals surface area contributed by atoms with Crippen LogP contribution in [0.1, 0.15) is 29.2 Å². The van der Waals surface area contributed by atoms with Crippen LogP contribution in [0.25, 0.3) is 0 Å². The van der Waals surface area contributed by atoms with Gasteiger partial charge in [-0.15, -0.1) is 0 Å². The minimum Gasteiger partial charge on any atom is -0.388 e. The number of anilines is 1. The topological polar surface area (TPSA) is 32.3 Å². The highest BCUT2D eigenvalue weighted by atomic mass is 16.3. The van der Waals surface area contributed by atoms with Crippen LogP contribution in [0.4, 0.5) is 5.69 Å². The zero-order valence-corrected chi connectivity index (χ0v) is 8.09. The average Bonchev–Trinajstić information content (AvgIpc) is 2.02. The van der Waals surface area contributed by atoms with Gasteiger partial charge in [-0.1, -0.05) is 6.07 Å². The van der Waals surface area contributed by atoms with Crippen molar-refractivity contribution in [2.45, 2.75) is 26.4 Å². The summed E-state index contributed by atoms with van der Waals surface area (Å²) in [6.07, 6.45) is 0.536. The third-order valence-electron chi connectivity index (χ3n) is 2.60. The fourth-order valence-electron chi connectivity index (χ4n) is 2.06. The Morgan fingerprint density at radius 1 is 1.38 bits per heavy atom. The maximum absolute atomic E-state index is 9.79. The summed E-state index contributed by atoms with van der Waals surface area (Å²) in [5, 5.41) is 13.1. The van der Waals surface area contributed by atoms with Gasteiger partial charge in [-0.25, -0.2) is 0 Å². The van der Waals surface area contributed by atoms with Crippen molar-refractivity contribution in [2.24, 2.45) is 0 Å². The molecule has 1 aromatic rings. The van der Waals surface area contributed by atoms with Crippen LogP contribution in [0.3, 0.4) is 0 Å². The molecule has 1 atom stereocenters. The fourth-order valence-corrected chi connectivity index (χ4v) is 2.06. The third kappa shape index (κ3) is 1.42. The lowest BCUT2D eigenvalue weighted by Crippen LogP contribution is -2.17. The van der Waals surface area contributed by atoms with Gasteiger partial charge in [0.1, 0.15) is 0 Å². The van der Waals surface area contributed by atoms with Gasteiger partial charge in [0.2, 0.25) is 0 Å². The second-order valence-electron chi connectivity index (χ2n) is 3.77. The summed E-state index contributed by atoms with van der Waals surface area (Å²) >= 11 is 0. The van der Waals surface area contributed by atoms with Gasteiger partial charge < -0.3 is 10.4 Å². The van der Waals surface area contributed by atoms with Crippen LogP contribution in [0.15, 0.2) is 12.1 Å². The summed E-state index contributed by atoms with van der Waals surface area (Å²) in [4.78, 5) is 0. The Bertz CT molecular complexity index is 333. The van der Waals surface area contributed by atoms with Crippen LogP contribution < -0.4 is 5.32 Å². The maximum Gasteiger partial charge on any atom is 0.0829 e. The van der Waals surface area contributed by atoms with E-state index < -0.39 is 0 Å². The highest BCUT2D eigenvalue weighted by Crippen LogP contribution is 2.33. The number of hydrogen-bond donors (Lipinski definition) is 2. The zero-order chi connectivity index (χ0) is 9.42. The van der Waals surface area contributed by atoms with E-state index >= 15 is 0 Å². The van der Waals surface area contributed by atoms with Crippen LogP contribution in [-0.4, -0.2) is 11.7 Å². The van der Waals surface area contributed by atoms with Gasteiger partial charge in [-0.05, 0) is 37.5 Å². The second-order valence-corrected chi connectivity index (χ2v) is 3.77. The van der Waals surface area contributed by atoms with Crippen molar-refractivity contribution in [3.63, 3.8) is 0 Å². The summed E-state index contributed by atoms with van der Waals surface area (Å²) in [5.74, 6) is 0. The molecule has 1 aliphatic heterocycles. The van der Waals surface area contributed by atoms with Crippen LogP contribution in [0.5, 0.6) is 0 Å². The number of fused-ring (bicyclic) bond motifs is 1. The van der Waals surface area contributed by atoms with E-state index in [1.807, 2.05) is 0 Å². The Morgan fingerprint density at radius 3 is 2.92 bits per heavy atom. The van der Waals surface area contributed by atoms with Gasteiger partial charge in [-0.3, -0.25) is 0 Å². The van der Waals surface area contributed by atoms with Gasteiger partial charge in [0.25, 0.3) is 0 Å². The van der Waals surface area contributed by atoms with E-state index in [0.717, 1.165) is 24.2 Å². The molecule has 13 heavy (non-hydrogen) atoms. The van der Waals surface area contributed by atoms with Gasteiger partial charge in [0, 0.05) is 17.8 Å². The Morgan fingerprint density at radius 2 is 2.15 bits per heavy atom. The summed E-state index contributed by atoms with van der Waals surface area (Å²) in [5.41, 5.74) is 4.63. The van der Waals surface area contributed by atoms with E-state index in [4.69, 9.17) is 0 Å². The van der Waals surface area contributed by atoms with Crippen molar-refractivity contribution in [3.05, 3.63) is 28.8 Å². The normalized spacial score (nSPS) is 20.7. The number of aryl methyl sites for hydroxylation is 2. The summed E-state index contributed by atoms with van der Waals surface area (Å²) < 4.78 is 0. The first-order chi connectivity index (χ1) is 6.18. The quantitative estimate of drug-likeness (QED) is 0.636. The molecular weight excluding hydrogens is 162 g/mol. The molecule has 2 N–H and O–H groups in total. The van der Waals surface area contributed by atoms with Crippen molar-refractivity contribution < 1.29 is 5.11 Å². The van der Waals surface area contributed by atoms with E-state index in [9.17, 15) is 5.11 Å². The highest BCUT2D eigenvalue weighted by molar-refractivity contribution is 5.59. The minimum atomic E-state index is -0.281. The van der Waals surface area contributed by atoms with E-state index in [1.54, 1.807) is 0 Å². The number of nitrogens with one attached hydrogen (secondary N) is 1. The lowest BCUT2D eigenvalue weighted by Gasteiger charge is -2.25. The predicted octanol–water partition coefficient (Wildman–Crippen LogP) is 2.15. The van der Waals surface area contributed by atoms with Gasteiger partial charge in [0.05, 0.1) is 6.10 Å². The molecule has 1 aliphatic rings. The molecule has 1 unspecified atom stereocenters. The van der Waals surface area contributed by atoms with Gasteiger partial charge in [0.15, 0.2) is 0 Å². The molecule has 0 aliphatic carbocycles. The number of rotatable bonds is 0. The highest BCUT2D eigenvalue weighted by Gasteiger charge is 2.19. The average molecular weight is 177 g/mol. The third-order valence-corrected chi connectivity index (χ3v) is 2.60. The van der Waals surface area contributed by atoms with E-state index in [1.165, 1.54) is 11.1 Å². The van der Waals surface area contributed by atoms with Crippen molar-refractivity contribution in [1.82, 2.24) is 0 Å². The van der Waals surface area contributed by atoms with Gasteiger partial charge >= 0.3 is 0 Å². The van der Waals surface area contributed by atoms with Crippen LogP contribution in [-0.2, 0) is 0 Å². The predicted molar refractivity (Wildman–Crippen MR) is 54.0 cm³/mol. The molecule has 2 heteroatoms. The lowest BCUT2D eigenvalue weighted by molar-refractivity contribution is 0.168. The molecule has 1 aromatic carbocycles. The van der Waals surface area contributed by atoms with E-state index in [0.29, 0.717) is 0 Å². The van der Waals surface area contributed by atoms with Crippen LogP contribution in [0, 0.1) is 13.8 Å². The van der Waals surface area contributed by atoms with Crippen molar-refractivity contribution >= 4 is 5.69 Å². The number of aliphatic hydroxyl groups is 1. The molecule has 2 nitrogen and oxygen atoms in total. The second kappa shape index (κ2) is 3.04. The number of hydrogen-bond acceptors (Lipinski definition) is 2. The molecule has 0 aromatic heterocycles. The summed E-state index contributed by atoms with van der Waals surface area (Å²) in [7, 11) is 0. The molecule has 0 spiro atoms. The molecule has 0 fully saturated rings. The SMILES string of the molecule is Cc1cc(C)c2c(c1)NCCC2O. The molecule has 0 saturated heterocycles. The van der Waals surface area contributed by atoms with Gasteiger partial charge in [-0.2, -0.15) is 0 Å². The fraction of sp³-hybridized carbons (Fsp3) is 0.455. The summed E-state index contributed by atoms with van der Waals surface area (Å²) in [6, 6.07) is 4.22.